The molecule has 2 aromatic carbocycles. The maximum Gasteiger partial charge on any atom is 0.267 e. The van der Waals surface area contributed by atoms with Gasteiger partial charge in [-0.2, -0.15) is 5.10 Å². The summed E-state index contributed by atoms with van der Waals surface area (Å²) in [5.41, 5.74) is 3.47. The molecule has 8 nitrogen and oxygen atoms in total. The second-order valence-electron chi connectivity index (χ2n) is 8.56. The molecule has 0 N–H and O–H groups in total. The van der Waals surface area contributed by atoms with Gasteiger partial charge in [0.25, 0.3) is 11.8 Å². The first-order valence-corrected chi connectivity index (χ1v) is 12.0. The minimum Gasteiger partial charge on any atom is -0.491 e. The molecule has 0 bridgehead atoms. The highest BCUT2D eigenvalue weighted by Gasteiger charge is 2.39. The maximum atomic E-state index is 13.3. The van der Waals surface area contributed by atoms with Crippen molar-refractivity contribution in [1.82, 2.24) is 19.7 Å². The number of carbonyl (C=O) groups is 2. The van der Waals surface area contributed by atoms with Gasteiger partial charge in [0.1, 0.15) is 11.3 Å². The molecule has 182 valence electrons. The van der Waals surface area contributed by atoms with Crippen LogP contribution >= 0.6 is 11.6 Å². The summed E-state index contributed by atoms with van der Waals surface area (Å²) in [6.45, 7) is 0.360. The first-order chi connectivity index (χ1) is 18.0. The van der Waals surface area contributed by atoms with E-state index in [1.54, 1.807) is 60.5 Å². The summed E-state index contributed by atoms with van der Waals surface area (Å²) >= 11 is 6.47. The molecule has 4 heterocycles. The van der Waals surface area contributed by atoms with E-state index < -0.39 is 11.8 Å². The largest absolute Gasteiger partial charge is 0.491 e. The molecule has 0 unspecified atom stereocenters. The van der Waals surface area contributed by atoms with Gasteiger partial charge in [0.2, 0.25) is 0 Å². The summed E-state index contributed by atoms with van der Waals surface area (Å²) in [5, 5.41) is 5.63. The summed E-state index contributed by atoms with van der Waals surface area (Å²) in [6.07, 6.45) is 3.99. The topological polar surface area (TPSA) is 90.2 Å². The van der Waals surface area contributed by atoms with Crippen LogP contribution < -0.4 is 9.64 Å². The lowest BCUT2D eigenvalue weighted by Crippen LogP contribution is -2.30. The van der Waals surface area contributed by atoms with Gasteiger partial charge in [-0.3, -0.25) is 24.2 Å². The zero-order valence-electron chi connectivity index (χ0n) is 19.8. The van der Waals surface area contributed by atoms with Gasteiger partial charge >= 0.3 is 0 Å². The van der Waals surface area contributed by atoms with Crippen molar-refractivity contribution >= 4 is 40.1 Å². The molecule has 1 aliphatic rings. The minimum atomic E-state index is -0.417. The average Bonchev–Trinajstić information content (AvgIpc) is 3.37. The third-order valence-corrected chi connectivity index (χ3v) is 6.57. The van der Waals surface area contributed by atoms with Gasteiger partial charge in [-0.1, -0.05) is 29.8 Å². The Kier molecular flexibility index (Phi) is 5.65. The lowest BCUT2D eigenvalue weighted by molar-refractivity contribution is 0.0925. The summed E-state index contributed by atoms with van der Waals surface area (Å²) in [5.74, 6) is -0.0748. The highest BCUT2D eigenvalue weighted by molar-refractivity contribution is 6.36. The summed E-state index contributed by atoms with van der Waals surface area (Å²) in [7, 11) is 1.75. The molecule has 2 amide bonds. The third kappa shape index (κ3) is 3.91. The van der Waals surface area contributed by atoms with Gasteiger partial charge in [-0.15, -0.1) is 0 Å². The molecule has 0 saturated carbocycles. The smallest absolute Gasteiger partial charge is 0.267 e. The monoisotopic (exact) mass is 509 g/mol. The Balaban J connectivity index is 1.48. The minimum absolute atomic E-state index is 0.229. The van der Waals surface area contributed by atoms with E-state index in [9.17, 15) is 9.59 Å². The molecule has 9 heteroatoms. The summed E-state index contributed by atoms with van der Waals surface area (Å²) in [4.78, 5) is 36.5. The molecule has 0 aliphatic carbocycles. The predicted molar refractivity (Wildman–Crippen MR) is 140 cm³/mol. The van der Waals surface area contributed by atoms with E-state index in [4.69, 9.17) is 16.3 Å². The molecule has 0 fully saturated rings. The van der Waals surface area contributed by atoms with Crippen molar-refractivity contribution in [3.63, 3.8) is 0 Å². The Bertz CT molecular complexity index is 1650. The molecule has 37 heavy (non-hydrogen) atoms. The van der Waals surface area contributed by atoms with Gasteiger partial charge < -0.3 is 4.74 Å². The van der Waals surface area contributed by atoms with Crippen LogP contribution in [-0.4, -0.2) is 38.2 Å². The number of hydrogen-bond acceptors (Lipinski definition) is 6. The van der Waals surface area contributed by atoms with Crippen LogP contribution in [0.1, 0.15) is 26.4 Å². The lowest BCUT2D eigenvalue weighted by atomic mass is 10.1. The maximum absolute atomic E-state index is 13.3. The second-order valence-corrected chi connectivity index (χ2v) is 8.97. The van der Waals surface area contributed by atoms with Crippen LogP contribution in [0.2, 0.25) is 5.02 Å². The fraction of sp³-hybridized carbons (Fsp3) is 0.107. The van der Waals surface area contributed by atoms with Crippen molar-refractivity contribution in [3.05, 3.63) is 101 Å². The van der Waals surface area contributed by atoms with E-state index in [1.165, 1.54) is 0 Å². The quantitative estimate of drug-likeness (QED) is 0.296. The van der Waals surface area contributed by atoms with E-state index in [2.05, 4.69) is 15.1 Å². The highest BCUT2D eigenvalue weighted by atomic mass is 35.5. The number of benzene rings is 2. The Morgan fingerprint density at radius 2 is 1.62 bits per heavy atom. The van der Waals surface area contributed by atoms with Crippen LogP contribution in [0.15, 0.2) is 79.1 Å². The van der Waals surface area contributed by atoms with Crippen LogP contribution in [0.25, 0.3) is 22.2 Å². The number of imide groups is 1. The molecule has 6 rings (SSSR count). The van der Waals surface area contributed by atoms with Crippen LogP contribution in [-0.2, 0) is 13.5 Å². The average molecular weight is 510 g/mol. The Hall–Kier alpha value is -4.56. The first-order valence-electron chi connectivity index (χ1n) is 11.6. The molecule has 0 saturated heterocycles. The van der Waals surface area contributed by atoms with Gasteiger partial charge in [0.05, 0.1) is 28.5 Å². The standard InChI is InChI=1S/C28H20ClN5O3/c1-33-25-21(26(32-33)34-27(35)19-8-2-3-9-20(19)28(34)36)15-17(24-22(29)10-6-13-31-24)16-23(25)37-14-11-18-7-4-5-12-30-18/h2-10,12-13,15-16H,11,14H2,1H3. The molecule has 0 atom stereocenters. The van der Waals surface area contributed by atoms with Crippen LogP contribution in [0.4, 0.5) is 5.82 Å². The Morgan fingerprint density at radius 1 is 0.892 bits per heavy atom. The zero-order chi connectivity index (χ0) is 25.5. The number of rotatable bonds is 6. The molecular weight excluding hydrogens is 490 g/mol. The number of hydrogen-bond donors (Lipinski definition) is 0. The number of anilines is 1. The molecule has 3 aromatic heterocycles. The van der Waals surface area contributed by atoms with Crippen molar-refractivity contribution in [3.8, 4) is 17.0 Å². The van der Waals surface area contributed by atoms with Crippen LogP contribution in [0, 0.1) is 0 Å². The molecule has 1 aliphatic heterocycles. The third-order valence-electron chi connectivity index (χ3n) is 6.26. The van der Waals surface area contributed by atoms with Crippen molar-refractivity contribution < 1.29 is 14.3 Å². The fourth-order valence-electron chi connectivity index (χ4n) is 4.56. The van der Waals surface area contributed by atoms with E-state index in [-0.39, 0.29) is 5.82 Å². The number of aryl methyl sites for hydroxylation is 1. The van der Waals surface area contributed by atoms with E-state index in [0.717, 1.165) is 10.6 Å². The second kappa shape index (κ2) is 9.15. The summed E-state index contributed by atoms with van der Waals surface area (Å²) < 4.78 is 7.86. The number of amides is 2. The van der Waals surface area contributed by atoms with E-state index in [0.29, 0.717) is 57.1 Å². The SMILES string of the molecule is Cn1nc(N2C(=O)c3ccccc3C2=O)c2cc(-c3ncccc3Cl)cc(OCCc3ccccn3)c21. The normalized spacial score (nSPS) is 12.9. The number of carbonyl (C=O) groups excluding carboxylic acids is 2. The lowest BCUT2D eigenvalue weighted by Gasteiger charge is -2.13. The predicted octanol–water partition coefficient (Wildman–Crippen LogP) is 5.11. The van der Waals surface area contributed by atoms with Crippen molar-refractivity contribution in [2.24, 2.45) is 7.05 Å². The fourth-order valence-corrected chi connectivity index (χ4v) is 4.79. The van der Waals surface area contributed by atoms with Gasteiger partial charge in [-0.25, -0.2) is 4.90 Å². The van der Waals surface area contributed by atoms with Crippen LogP contribution in [0.3, 0.4) is 0 Å². The van der Waals surface area contributed by atoms with Gasteiger partial charge in [0.15, 0.2) is 5.82 Å². The molecular formula is C28H20ClN5O3. The van der Waals surface area contributed by atoms with Gasteiger partial charge in [-0.05, 0) is 48.5 Å². The Morgan fingerprint density at radius 3 is 2.32 bits per heavy atom. The first kappa shape index (κ1) is 22.9. The number of aromatic nitrogens is 4. The van der Waals surface area contributed by atoms with Gasteiger partial charge in [0, 0.05) is 42.5 Å². The number of halogens is 1. The van der Waals surface area contributed by atoms with E-state index >= 15 is 0 Å². The molecule has 0 spiro atoms. The molecule has 5 aromatic rings. The summed E-state index contributed by atoms with van der Waals surface area (Å²) in [6, 6.07) is 19.7. The van der Waals surface area contributed by atoms with Crippen molar-refractivity contribution in [2.75, 3.05) is 11.5 Å². The number of pyridine rings is 2. The van der Waals surface area contributed by atoms with E-state index in [1.807, 2.05) is 30.3 Å². The zero-order valence-corrected chi connectivity index (χ0v) is 20.5. The van der Waals surface area contributed by atoms with Crippen LogP contribution in [0.5, 0.6) is 5.75 Å². The number of fused-ring (bicyclic) bond motifs is 2. The number of ether oxygens (including phenoxy) is 1. The van der Waals surface area contributed by atoms with Crippen molar-refractivity contribution in [2.45, 2.75) is 6.42 Å². The number of nitrogens with zero attached hydrogens (tertiary/aromatic N) is 5. The Labute approximate surface area is 217 Å². The highest BCUT2D eigenvalue weighted by Crippen LogP contribution is 2.40. The van der Waals surface area contributed by atoms with Crippen molar-refractivity contribution in [1.29, 1.82) is 0 Å². The molecule has 0 radical (unpaired) electrons.